The van der Waals surface area contributed by atoms with E-state index in [0.717, 1.165) is 22.4 Å². The summed E-state index contributed by atoms with van der Waals surface area (Å²) in [4.78, 5) is 27.3. The van der Waals surface area contributed by atoms with Crippen LogP contribution in [0.1, 0.15) is 42.1 Å². The van der Waals surface area contributed by atoms with Gasteiger partial charge >= 0.3 is 0 Å². The van der Waals surface area contributed by atoms with Gasteiger partial charge in [-0.1, -0.05) is 43.7 Å². The second-order valence-corrected chi connectivity index (χ2v) is 8.58. The van der Waals surface area contributed by atoms with Crippen molar-refractivity contribution in [2.24, 2.45) is 5.92 Å². The van der Waals surface area contributed by atoms with Gasteiger partial charge in [-0.25, -0.2) is 0 Å². The fourth-order valence-corrected chi connectivity index (χ4v) is 3.77. The van der Waals surface area contributed by atoms with E-state index < -0.39 is 17.7 Å². The molecular weight excluding hydrogens is 406 g/mol. The molecule has 1 aliphatic heterocycles. The summed E-state index contributed by atoms with van der Waals surface area (Å²) in [5, 5.41) is 11.2. The number of ether oxygens (including phenoxy) is 2. The summed E-state index contributed by atoms with van der Waals surface area (Å²) in [6, 6.07) is 12.2. The van der Waals surface area contributed by atoms with Crippen LogP contribution in [0, 0.1) is 19.8 Å². The molecule has 0 aromatic heterocycles. The molecular formula is C26H31NO5. The van der Waals surface area contributed by atoms with Gasteiger partial charge in [-0.2, -0.15) is 0 Å². The number of carbonyl (C=O) groups excluding carboxylic acids is 2. The van der Waals surface area contributed by atoms with E-state index in [0.29, 0.717) is 18.1 Å². The number of Topliss-reactive ketones (excluding diaryl/α,β-unsaturated/α-hetero) is 1. The monoisotopic (exact) mass is 437 g/mol. The first-order valence-electron chi connectivity index (χ1n) is 10.8. The van der Waals surface area contributed by atoms with Gasteiger partial charge in [0.25, 0.3) is 11.7 Å². The lowest BCUT2D eigenvalue weighted by Crippen LogP contribution is -2.32. The third kappa shape index (κ3) is 4.86. The molecule has 1 saturated heterocycles. The van der Waals surface area contributed by atoms with E-state index in [-0.39, 0.29) is 24.5 Å². The predicted molar refractivity (Wildman–Crippen MR) is 124 cm³/mol. The summed E-state index contributed by atoms with van der Waals surface area (Å²) in [5.41, 5.74) is 3.23. The molecule has 3 rings (SSSR count). The number of likely N-dealkylation sites (tertiary alicyclic amines) is 1. The lowest BCUT2D eigenvalue weighted by molar-refractivity contribution is -0.140. The maximum Gasteiger partial charge on any atom is 0.295 e. The number of aliphatic hydroxyl groups excluding tert-OH is 1. The maximum atomic E-state index is 13.0. The molecule has 1 N–H and O–H groups in total. The molecule has 0 unspecified atom stereocenters. The zero-order chi connectivity index (χ0) is 23.4. The van der Waals surface area contributed by atoms with Gasteiger partial charge in [0, 0.05) is 19.2 Å². The van der Waals surface area contributed by atoms with E-state index in [1.54, 1.807) is 25.3 Å². The fraction of sp³-hybridized carbons (Fsp3) is 0.385. The van der Waals surface area contributed by atoms with Crippen LogP contribution in [0.5, 0.6) is 5.75 Å². The molecule has 0 saturated carbocycles. The average molecular weight is 438 g/mol. The normalized spacial score (nSPS) is 17.9. The summed E-state index contributed by atoms with van der Waals surface area (Å²) in [6.45, 7) is 9.13. The van der Waals surface area contributed by atoms with Crippen molar-refractivity contribution in [3.05, 3.63) is 70.3 Å². The Bertz CT molecular complexity index is 1020. The van der Waals surface area contributed by atoms with Crippen molar-refractivity contribution >= 4 is 17.4 Å². The van der Waals surface area contributed by atoms with E-state index in [1.165, 1.54) is 4.90 Å². The van der Waals surface area contributed by atoms with Crippen molar-refractivity contribution in [2.45, 2.75) is 33.7 Å². The minimum absolute atomic E-state index is 0.0882. The first-order valence-corrected chi connectivity index (χ1v) is 10.8. The molecule has 1 amide bonds. The van der Waals surface area contributed by atoms with Crippen molar-refractivity contribution in [3.63, 3.8) is 0 Å². The summed E-state index contributed by atoms with van der Waals surface area (Å²) < 4.78 is 11.0. The molecule has 2 aromatic rings. The van der Waals surface area contributed by atoms with Gasteiger partial charge in [0.1, 0.15) is 11.5 Å². The molecule has 1 aliphatic rings. The number of methoxy groups -OCH3 is 1. The van der Waals surface area contributed by atoms with E-state index in [4.69, 9.17) is 9.47 Å². The largest absolute Gasteiger partial charge is 0.507 e. The molecule has 1 fully saturated rings. The van der Waals surface area contributed by atoms with Crippen molar-refractivity contribution < 1.29 is 24.2 Å². The van der Waals surface area contributed by atoms with E-state index in [9.17, 15) is 14.7 Å². The molecule has 170 valence electrons. The standard InChI is InChI=1S/C26H31NO5/c1-16(2)15-32-21-11-10-20(14-18(21)4)24(28)22-23(19-8-6-17(3)7-9-19)27(12-13-31-5)26(30)25(22)29/h6-11,14,16,23,28H,12-13,15H2,1-5H3/b24-22+/t23-/m1/s1. The van der Waals surface area contributed by atoms with Gasteiger partial charge in [0.05, 0.1) is 24.8 Å². The SMILES string of the molecule is COCCN1C(=O)C(=O)/C(=C(/O)c2ccc(OCC(C)C)c(C)c2)[C@H]1c1ccc(C)cc1. The van der Waals surface area contributed by atoms with Gasteiger partial charge in [-0.15, -0.1) is 0 Å². The van der Waals surface area contributed by atoms with E-state index >= 15 is 0 Å². The number of carbonyl (C=O) groups is 2. The van der Waals surface area contributed by atoms with Gasteiger partial charge in [0.2, 0.25) is 0 Å². The second kappa shape index (κ2) is 10.0. The van der Waals surface area contributed by atoms with Crippen LogP contribution in [-0.2, 0) is 14.3 Å². The highest BCUT2D eigenvalue weighted by molar-refractivity contribution is 6.46. The lowest BCUT2D eigenvalue weighted by atomic mass is 9.94. The molecule has 0 bridgehead atoms. The van der Waals surface area contributed by atoms with Crippen LogP contribution in [0.25, 0.3) is 5.76 Å². The van der Waals surface area contributed by atoms with Crippen LogP contribution in [-0.4, -0.2) is 48.6 Å². The quantitative estimate of drug-likeness (QED) is 0.376. The minimum Gasteiger partial charge on any atom is -0.507 e. The topological polar surface area (TPSA) is 76.1 Å². The number of aryl methyl sites for hydroxylation is 2. The molecule has 0 aliphatic carbocycles. The number of ketones is 1. The Balaban J connectivity index is 2.06. The summed E-state index contributed by atoms with van der Waals surface area (Å²) in [6.07, 6.45) is 0. The smallest absolute Gasteiger partial charge is 0.295 e. The summed E-state index contributed by atoms with van der Waals surface area (Å²) in [5.74, 6) is -0.400. The van der Waals surface area contributed by atoms with Crippen LogP contribution in [0.2, 0.25) is 0 Å². The van der Waals surface area contributed by atoms with Crippen molar-refractivity contribution in [2.75, 3.05) is 26.9 Å². The number of amides is 1. The molecule has 0 radical (unpaired) electrons. The second-order valence-electron chi connectivity index (χ2n) is 8.58. The summed E-state index contributed by atoms with van der Waals surface area (Å²) >= 11 is 0. The van der Waals surface area contributed by atoms with E-state index in [2.05, 4.69) is 13.8 Å². The number of rotatable bonds is 8. The maximum absolute atomic E-state index is 13.0. The number of nitrogens with zero attached hydrogens (tertiary/aromatic N) is 1. The third-order valence-electron chi connectivity index (χ3n) is 5.49. The number of aliphatic hydroxyl groups is 1. The van der Waals surface area contributed by atoms with Crippen LogP contribution in [0.4, 0.5) is 0 Å². The number of hydrogen-bond donors (Lipinski definition) is 1. The predicted octanol–water partition coefficient (Wildman–Crippen LogP) is 4.41. The molecule has 0 spiro atoms. The van der Waals surface area contributed by atoms with Crippen LogP contribution >= 0.6 is 0 Å². The Labute approximate surface area is 189 Å². The Hall–Kier alpha value is -3.12. The van der Waals surface area contributed by atoms with Crippen molar-refractivity contribution in [1.82, 2.24) is 4.90 Å². The van der Waals surface area contributed by atoms with Crippen LogP contribution < -0.4 is 4.74 Å². The first-order chi connectivity index (χ1) is 15.2. The molecule has 6 nitrogen and oxygen atoms in total. The van der Waals surface area contributed by atoms with Crippen LogP contribution in [0.3, 0.4) is 0 Å². The highest BCUT2D eigenvalue weighted by Gasteiger charge is 2.45. The van der Waals surface area contributed by atoms with Crippen molar-refractivity contribution in [3.8, 4) is 5.75 Å². The van der Waals surface area contributed by atoms with Gasteiger partial charge in [-0.05, 0) is 49.1 Å². The highest BCUT2D eigenvalue weighted by atomic mass is 16.5. The fourth-order valence-electron chi connectivity index (χ4n) is 3.77. The zero-order valence-electron chi connectivity index (χ0n) is 19.3. The van der Waals surface area contributed by atoms with E-state index in [1.807, 2.05) is 38.1 Å². The first kappa shape index (κ1) is 23.5. The Morgan fingerprint density at radius 1 is 1.09 bits per heavy atom. The minimum atomic E-state index is -0.693. The van der Waals surface area contributed by atoms with Gasteiger partial charge in [-0.3, -0.25) is 9.59 Å². The molecule has 32 heavy (non-hydrogen) atoms. The zero-order valence-corrected chi connectivity index (χ0v) is 19.3. The Kier molecular flexibility index (Phi) is 7.36. The number of hydrogen-bond acceptors (Lipinski definition) is 5. The Morgan fingerprint density at radius 2 is 1.78 bits per heavy atom. The number of benzene rings is 2. The summed E-state index contributed by atoms with van der Waals surface area (Å²) in [7, 11) is 1.54. The molecule has 1 atom stereocenters. The third-order valence-corrected chi connectivity index (χ3v) is 5.49. The van der Waals surface area contributed by atoms with Gasteiger partial charge < -0.3 is 19.5 Å². The molecule has 6 heteroatoms. The highest BCUT2D eigenvalue weighted by Crippen LogP contribution is 2.39. The Morgan fingerprint density at radius 3 is 2.38 bits per heavy atom. The molecule has 1 heterocycles. The van der Waals surface area contributed by atoms with Crippen molar-refractivity contribution in [1.29, 1.82) is 0 Å². The average Bonchev–Trinajstić information content (AvgIpc) is 3.01. The van der Waals surface area contributed by atoms with Crippen LogP contribution in [0.15, 0.2) is 48.0 Å². The van der Waals surface area contributed by atoms with Gasteiger partial charge in [0.15, 0.2) is 0 Å². The lowest BCUT2D eigenvalue weighted by Gasteiger charge is -2.25. The molecule has 2 aromatic carbocycles.